The second-order valence-corrected chi connectivity index (χ2v) is 10.3. The lowest BCUT2D eigenvalue weighted by Gasteiger charge is -2.18. The zero-order valence-electron chi connectivity index (χ0n) is 28.7. The van der Waals surface area contributed by atoms with Gasteiger partial charge in [0.2, 0.25) is 0 Å². The minimum Gasteiger partial charge on any atom is -0.455 e. The van der Waals surface area contributed by atoms with Crippen molar-refractivity contribution in [3.63, 3.8) is 0 Å². The van der Waals surface area contributed by atoms with Gasteiger partial charge in [-0.05, 0) is 66.3 Å². The lowest BCUT2D eigenvalue weighted by Crippen LogP contribution is -1.91. The van der Waals surface area contributed by atoms with E-state index in [0.717, 1.165) is 65.4 Å². The van der Waals surface area contributed by atoms with Gasteiger partial charge in [0.25, 0.3) is 0 Å². The Hall–Kier alpha value is -5.40. The number of hydrogen-bond acceptors (Lipinski definition) is 1. The molecule has 0 N–H and O–H groups in total. The first-order valence-electron chi connectivity index (χ1n) is 17.0. The first-order valence-corrected chi connectivity index (χ1v) is 13.5. The van der Waals surface area contributed by atoms with Crippen molar-refractivity contribution in [2.75, 3.05) is 0 Å². The molecule has 41 heavy (non-hydrogen) atoms. The Morgan fingerprint density at radius 2 is 1.10 bits per heavy atom. The van der Waals surface area contributed by atoms with E-state index in [1.807, 2.05) is 72.8 Å². The molecule has 0 amide bonds. The Kier molecular flexibility index (Phi) is 3.47. The minimum absolute atomic E-state index is 0.0616. The zero-order chi connectivity index (χ0) is 33.0. The van der Waals surface area contributed by atoms with Crippen LogP contribution in [0.4, 0.5) is 0 Å². The summed E-state index contributed by atoms with van der Waals surface area (Å²) in [4.78, 5) is 0. The van der Waals surface area contributed by atoms with Gasteiger partial charge in [-0.25, -0.2) is 0 Å². The second-order valence-electron chi connectivity index (χ2n) is 10.3. The van der Waals surface area contributed by atoms with Crippen molar-refractivity contribution in [2.45, 2.75) is 0 Å². The van der Waals surface area contributed by atoms with Crippen molar-refractivity contribution in [3.8, 4) is 22.3 Å². The summed E-state index contributed by atoms with van der Waals surface area (Å²) in [5, 5.41) is 7.36. The Morgan fingerprint density at radius 1 is 0.463 bits per heavy atom. The normalized spacial score (nSPS) is 14.3. The molecule has 9 aromatic rings. The predicted molar refractivity (Wildman–Crippen MR) is 175 cm³/mol. The van der Waals surface area contributed by atoms with Crippen LogP contribution in [-0.4, -0.2) is 0 Å². The Bertz CT molecular complexity index is 2810. The van der Waals surface area contributed by atoms with Crippen LogP contribution in [0.15, 0.2) is 150 Å². The van der Waals surface area contributed by atoms with Crippen molar-refractivity contribution in [3.05, 3.63) is 145 Å². The van der Waals surface area contributed by atoms with Crippen LogP contribution in [0, 0.1) is 0 Å². The number of benzene rings is 8. The number of hydrogen-bond donors (Lipinski definition) is 0. The molecule has 1 aromatic heterocycles. The van der Waals surface area contributed by atoms with E-state index < -0.39 is 18.1 Å². The summed E-state index contributed by atoms with van der Waals surface area (Å²) in [7, 11) is 0. The van der Waals surface area contributed by atoms with Crippen molar-refractivity contribution in [1.29, 1.82) is 0 Å². The van der Waals surface area contributed by atoms with Gasteiger partial charge < -0.3 is 4.42 Å². The summed E-state index contributed by atoms with van der Waals surface area (Å²) in [5.41, 5.74) is 4.12. The number of rotatable bonds is 2. The van der Waals surface area contributed by atoms with E-state index in [1.165, 1.54) is 0 Å². The molecule has 0 aliphatic rings. The lowest BCUT2D eigenvalue weighted by atomic mass is 9.85. The maximum absolute atomic E-state index is 9.36. The van der Waals surface area contributed by atoms with E-state index in [9.17, 15) is 2.74 Å². The van der Waals surface area contributed by atoms with Gasteiger partial charge in [0.15, 0.2) is 0 Å². The fourth-order valence-electron chi connectivity index (χ4n) is 6.36. The van der Waals surface area contributed by atoms with Gasteiger partial charge in [0.05, 0.1) is 9.60 Å². The molecule has 1 heteroatoms. The minimum atomic E-state index is -0.486. The maximum atomic E-state index is 9.36. The largest absolute Gasteiger partial charge is 0.455 e. The lowest BCUT2D eigenvalue weighted by molar-refractivity contribution is 0.670. The molecule has 0 saturated carbocycles. The third-order valence-corrected chi connectivity index (χ3v) is 8.09. The second kappa shape index (κ2) is 8.55. The van der Waals surface area contributed by atoms with Gasteiger partial charge in [0.1, 0.15) is 11.2 Å². The molecule has 0 aliphatic carbocycles. The number of fused-ring (bicyclic) bond motifs is 8. The Morgan fingerprint density at radius 3 is 1.85 bits per heavy atom. The molecule has 0 fully saturated rings. The smallest absolute Gasteiger partial charge is 0.143 e. The Labute approximate surface area is 246 Å². The first-order chi connectivity index (χ1) is 23.3. The van der Waals surface area contributed by atoms with Crippen molar-refractivity contribution < 1.29 is 14.0 Å². The van der Waals surface area contributed by atoms with Crippen LogP contribution in [0.3, 0.4) is 0 Å². The van der Waals surface area contributed by atoms with Crippen LogP contribution in [0.2, 0.25) is 0 Å². The van der Waals surface area contributed by atoms with E-state index in [4.69, 9.17) is 11.3 Å². The summed E-state index contributed by atoms with van der Waals surface area (Å²) in [6.45, 7) is 0. The zero-order valence-corrected chi connectivity index (χ0v) is 21.7. The highest BCUT2D eigenvalue weighted by atomic mass is 16.3. The molecular weight excluding hydrogens is 496 g/mol. The van der Waals surface area contributed by atoms with Crippen molar-refractivity contribution in [2.24, 2.45) is 0 Å². The molecule has 1 nitrogen and oxygen atoms in total. The molecule has 0 aliphatic heterocycles. The summed E-state index contributed by atoms with van der Waals surface area (Å²) in [6.07, 6.45) is 0. The summed E-state index contributed by atoms with van der Waals surface area (Å²) in [5.74, 6) is 0. The fourth-order valence-corrected chi connectivity index (χ4v) is 6.36. The van der Waals surface area contributed by atoms with Crippen LogP contribution in [0.1, 0.15) is 9.60 Å². The molecule has 0 saturated heterocycles. The molecule has 8 aromatic carbocycles. The van der Waals surface area contributed by atoms with E-state index in [1.54, 1.807) is 0 Å². The number of furan rings is 1. The average Bonchev–Trinajstić information content (AvgIpc) is 3.51. The van der Waals surface area contributed by atoms with Crippen LogP contribution in [0.25, 0.3) is 87.3 Å². The van der Waals surface area contributed by atoms with Crippen LogP contribution < -0.4 is 0 Å². The monoisotopic (exact) mass is 527 g/mol. The van der Waals surface area contributed by atoms with E-state index in [-0.39, 0.29) is 40.5 Å². The molecule has 0 radical (unpaired) electrons. The van der Waals surface area contributed by atoms with E-state index in [2.05, 4.69) is 30.3 Å². The molecule has 9 rings (SSSR count). The van der Waals surface area contributed by atoms with E-state index in [0.29, 0.717) is 5.56 Å². The van der Waals surface area contributed by atoms with Gasteiger partial charge in [0, 0.05) is 21.9 Å². The maximum Gasteiger partial charge on any atom is 0.143 e. The summed E-state index contributed by atoms with van der Waals surface area (Å²) >= 11 is 0. The number of para-hydroxylation sites is 1. The molecule has 1 heterocycles. The fraction of sp³-hybridized carbons (Fsp3) is 0. The van der Waals surface area contributed by atoms with Gasteiger partial charge in [-0.15, -0.1) is 0 Å². The molecule has 190 valence electrons. The molecule has 0 atom stereocenters. The first kappa shape index (κ1) is 16.6. The SMILES string of the molecule is [2H]c1c([2H])c([2H])c2c([2H])c(-c3c4ccccc4c(-c4cccc5c4oc4ccc6ccccc6c45)c4ccccc34)c([2H])c([2H])c2c1[2H]. The van der Waals surface area contributed by atoms with Crippen LogP contribution in [0.5, 0.6) is 0 Å². The predicted octanol–water partition coefficient (Wildman–Crippen LogP) is 11.5. The Balaban J connectivity index is 1.45. The molecule has 0 bridgehead atoms. The topological polar surface area (TPSA) is 13.1 Å². The van der Waals surface area contributed by atoms with Gasteiger partial charge in [-0.2, -0.15) is 0 Å². The highest BCUT2D eigenvalue weighted by molar-refractivity contribution is 6.26. The van der Waals surface area contributed by atoms with Gasteiger partial charge in [-0.1, -0.05) is 133 Å². The third kappa shape index (κ3) is 3.24. The average molecular weight is 528 g/mol. The molecule has 0 unspecified atom stereocenters. The van der Waals surface area contributed by atoms with Crippen LogP contribution in [-0.2, 0) is 0 Å². The van der Waals surface area contributed by atoms with Crippen LogP contribution >= 0.6 is 0 Å². The van der Waals surface area contributed by atoms with Crippen molar-refractivity contribution >= 4 is 65.0 Å². The van der Waals surface area contributed by atoms with Gasteiger partial charge in [-0.3, -0.25) is 0 Å². The third-order valence-electron chi connectivity index (χ3n) is 8.09. The highest BCUT2D eigenvalue weighted by Gasteiger charge is 2.20. The summed E-state index contributed by atoms with van der Waals surface area (Å²) in [6, 6.07) is 31.6. The highest BCUT2D eigenvalue weighted by Crippen LogP contribution is 2.47. The molecular formula is C40H24O. The van der Waals surface area contributed by atoms with Crippen molar-refractivity contribution in [1.82, 2.24) is 0 Å². The van der Waals surface area contributed by atoms with Gasteiger partial charge >= 0.3 is 0 Å². The van der Waals surface area contributed by atoms with E-state index >= 15 is 0 Å². The quantitative estimate of drug-likeness (QED) is 0.204. The molecule has 0 spiro atoms. The standard InChI is InChI=1S/C40H24O/c1-2-12-27-24-28(21-20-25(27)10-1)37-30-14-5-7-16-32(30)38(33-17-8-6-15-31(33)37)34-18-9-19-35-39-29-13-4-3-11-26(29)22-23-36(39)41-40(34)35/h1-24H/i1D,2D,10D,12D,20D,21D,24D. The summed E-state index contributed by atoms with van der Waals surface area (Å²) < 4.78 is 67.8.